The molecule has 0 radical (unpaired) electrons. The third kappa shape index (κ3) is 3.59. The van der Waals surface area contributed by atoms with Gasteiger partial charge >= 0.3 is 0 Å². The highest BCUT2D eigenvalue weighted by molar-refractivity contribution is 8.01. The first-order chi connectivity index (χ1) is 14.1. The molecule has 0 fully saturated rings. The summed E-state index contributed by atoms with van der Waals surface area (Å²) < 4.78 is 0. The van der Waals surface area contributed by atoms with E-state index in [2.05, 4.69) is 36.4 Å². The zero-order valence-electron chi connectivity index (χ0n) is 15.2. The van der Waals surface area contributed by atoms with E-state index in [0.717, 1.165) is 21.2 Å². The zero-order chi connectivity index (χ0) is 20.4. The van der Waals surface area contributed by atoms with Crippen molar-refractivity contribution in [2.45, 2.75) is 0 Å². The number of hydrogen-bond acceptors (Lipinski definition) is 0. The smallest absolute Gasteiger partial charge is 0.0825 e. The van der Waals surface area contributed by atoms with E-state index in [1.165, 1.54) is 0 Å². The second-order valence-corrected chi connectivity index (χ2v) is 11.4. The molecule has 0 aliphatic heterocycles. The normalized spacial score (nSPS) is 11.4. The van der Waals surface area contributed by atoms with Gasteiger partial charge in [0, 0.05) is 6.07 Å². The van der Waals surface area contributed by atoms with Crippen molar-refractivity contribution in [2.24, 2.45) is 0 Å². The van der Waals surface area contributed by atoms with Crippen molar-refractivity contribution in [1.82, 2.24) is 0 Å². The third-order valence-corrected chi connectivity index (χ3v) is 11.1. The van der Waals surface area contributed by atoms with Crippen LogP contribution < -0.4 is 21.2 Å². The predicted molar refractivity (Wildman–Crippen MR) is 131 cm³/mol. The number of rotatable bonds is 4. The molecule has 0 spiro atoms. The summed E-state index contributed by atoms with van der Waals surface area (Å²) in [5.74, 6) is 0. The van der Waals surface area contributed by atoms with Gasteiger partial charge < -0.3 is 0 Å². The van der Waals surface area contributed by atoms with Crippen LogP contribution in [0.15, 0.2) is 97.1 Å². The summed E-state index contributed by atoms with van der Waals surface area (Å²) in [5, 5.41) is 5.75. The molecule has 4 rings (SSSR count). The highest BCUT2D eigenvalue weighted by Gasteiger charge is 2.50. The lowest BCUT2D eigenvalue weighted by Crippen LogP contribution is -2.39. The van der Waals surface area contributed by atoms with Crippen LogP contribution in [-0.2, 0) is 0 Å². The molecule has 4 aromatic carbocycles. The lowest BCUT2D eigenvalue weighted by molar-refractivity contribution is 1.70. The van der Waals surface area contributed by atoms with Gasteiger partial charge in [0.15, 0.2) is 0 Å². The van der Waals surface area contributed by atoms with Crippen molar-refractivity contribution >= 4 is 74.9 Å². The van der Waals surface area contributed by atoms with Gasteiger partial charge in [-0.05, 0) is 36.4 Å². The molecule has 0 nitrogen and oxygen atoms in total. The fraction of sp³-hybridized carbons (Fsp3) is 0. The van der Waals surface area contributed by atoms with Crippen LogP contribution in [0.4, 0.5) is 0 Å². The molecule has 0 aromatic heterocycles. The van der Waals surface area contributed by atoms with E-state index in [9.17, 15) is 0 Å². The van der Waals surface area contributed by atoms with Gasteiger partial charge in [-0.1, -0.05) is 101 Å². The van der Waals surface area contributed by atoms with Crippen LogP contribution in [-0.4, -0.2) is 0 Å². The van der Waals surface area contributed by atoms with Gasteiger partial charge in [0.2, 0.25) is 0 Å². The summed E-state index contributed by atoms with van der Waals surface area (Å²) in [7, 11) is -2.38. The van der Waals surface area contributed by atoms with Gasteiger partial charge in [0.25, 0.3) is 0 Å². The molecule has 144 valence electrons. The Kier molecular flexibility index (Phi) is 6.21. The van der Waals surface area contributed by atoms with Crippen LogP contribution in [0.25, 0.3) is 0 Å². The Bertz CT molecular complexity index is 1030. The molecule has 0 aliphatic rings. The number of benzene rings is 4. The van der Waals surface area contributed by atoms with Crippen LogP contribution in [0.2, 0.25) is 20.1 Å². The fourth-order valence-corrected chi connectivity index (χ4v) is 9.26. The van der Waals surface area contributed by atoms with Crippen molar-refractivity contribution in [2.75, 3.05) is 0 Å². The minimum atomic E-state index is -2.38. The van der Waals surface area contributed by atoms with E-state index in [1.54, 1.807) is 0 Å². The van der Waals surface area contributed by atoms with E-state index < -0.39 is 7.26 Å². The second-order valence-electron chi connectivity index (χ2n) is 6.50. The fourth-order valence-electron chi connectivity index (χ4n) is 3.62. The SMILES string of the molecule is Clc1cc([P+](c2ccccc2)(c2ccccc2)c2ccccc2)c(Cl)c(Cl)c1Cl. The number of halogens is 4. The van der Waals surface area contributed by atoms with Gasteiger partial charge in [0.1, 0.15) is 33.5 Å². The Morgan fingerprint density at radius 1 is 0.448 bits per heavy atom. The van der Waals surface area contributed by atoms with E-state index >= 15 is 0 Å². The first-order valence-electron chi connectivity index (χ1n) is 8.96. The molecule has 0 saturated carbocycles. The Balaban J connectivity index is 2.22. The van der Waals surface area contributed by atoms with Crippen LogP contribution in [0.5, 0.6) is 0 Å². The van der Waals surface area contributed by atoms with E-state index in [1.807, 2.05) is 60.7 Å². The largest absolute Gasteiger partial charge is 0.145 e. The summed E-state index contributed by atoms with van der Waals surface area (Å²) in [6, 6.07) is 33.0. The molecule has 0 atom stereocenters. The molecule has 5 heteroatoms. The van der Waals surface area contributed by atoms with Gasteiger partial charge in [-0.15, -0.1) is 0 Å². The average molecular weight is 477 g/mol. The Morgan fingerprint density at radius 3 is 1.21 bits per heavy atom. The van der Waals surface area contributed by atoms with Crippen molar-refractivity contribution in [3.63, 3.8) is 0 Å². The summed E-state index contributed by atoms with van der Waals surface area (Å²) >= 11 is 26.2. The summed E-state index contributed by atoms with van der Waals surface area (Å²) in [6.07, 6.45) is 0. The van der Waals surface area contributed by atoms with Gasteiger partial charge in [-0.25, -0.2) is 0 Å². The van der Waals surface area contributed by atoms with Crippen LogP contribution in [0.1, 0.15) is 0 Å². The van der Waals surface area contributed by atoms with Crippen LogP contribution in [0, 0.1) is 0 Å². The minimum Gasteiger partial charge on any atom is -0.0825 e. The van der Waals surface area contributed by atoms with Gasteiger partial charge in [-0.3, -0.25) is 0 Å². The predicted octanol–water partition coefficient (Wildman–Crippen LogP) is 6.92. The Labute approximate surface area is 191 Å². The Hall–Kier alpha value is -1.53. The zero-order valence-corrected chi connectivity index (χ0v) is 19.1. The monoisotopic (exact) mass is 475 g/mol. The summed E-state index contributed by atoms with van der Waals surface area (Å²) in [4.78, 5) is 0. The van der Waals surface area contributed by atoms with Crippen molar-refractivity contribution < 1.29 is 0 Å². The minimum absolute atomic E-state index is 0.273. The number of hydrogen-bond donors (Lipinski definition) is 0. The van der Waals surface area contributed by atoms with Crippen molar-refractivity contribution in [3.05, 3.63) is 117 Å². The molecule has 0 amide bonds. The second kappa shape index (κ2) is 8.68. The first-order valence-corrected chi connectivity index (χ1v) is 12.3. The Morgan fingerprint density at radius 2 is 0.828 bits per heavy atom. The van der Waals surface area contributed by atoms with E-state index in [4.69, 9.17) is 46.4 Å². The van der Waals surface area contributed by atoms with Gasteiger partial charge in [-0.2, -0.15) is 0 Å². The summed E-state index contributed by atoms with van der Waals surface area (Å²) in [5.41, 5.74) is 0. The van der Waals surface area contributed by atoms with Gasteiger partial charge in [0.05, 0.1) is 15.1 Å². The van der Waals surface area contributed by atoms with E-state index in [0.29, 0.717) is 10.0 Å². The van der Waals surface area contributed by atoms with E-state index in [-0.39, 0.29) is 10.0 Å². The highest BCUT2D eigenvalue weighted by Crippen LogP contribution is 2.57. The highest BCUT2D eigenvalue weighted by atomic mass is 35.5. The third-order valence-electron chi connectivity index (χ3n) is 4.88. The molecule has 29 heavy (non-hydrogen) atoms. The molecule has 0 saturated heterocycles. The molecular formula is C24H16Cl4P+. The summed E-state index contributed by atoms with van der Waals surface area (Å²) in [6.45, 7) is 0. The topological polar surface area (TPSA) is 0 Å². The molecule has 4 aromatic rings. The molecule has 0 aliphatic carbocycles. The van der Waals surface area contributed by atoms with Crippen molar-refractivity contribution in [3.8, 4) is 0 Å². The van der Waals surface area contributed by atoms with Crippen LogP contribution in [0.3, 0.4) is 0 Å². The molecule has 0 unspecified atom stereocenters. The van der Waals surface area contributed by atoms with Crippen LogP contribution >= 0.6 is 53.7 Å². The first kappa shape index (κ1) is 20.7. The maximum atomic E-state index is 6.86. The molecule has 0 heterocycles. The maximum absolute atomic E-state index is 6.86. The maximum Gasteiger partial charge on any atom is 0.145 e. The molecule has 0 bridgehead atoms. The quantitative estimate of drug-likeness (QED) is 0.170. The average Bonchev–Trinajstić information content (AvgIpc) is 2.78. The lowest BCUT2D eigenvalue weighted by atomic mass is 10.3. The molecular weight excluding hydrogens is 461 g/mol. The standard InChI is InChI=1S/C24H16Cl4P/c25-20-16-21(23(27)24(28)22(20)26)29(17-10-4-1-5-11-17,18-12-6-2-7-13-18)19-14-8-3-9-15-19/h1-16H/q+1. The molecule has 0 N–H and O–H groups in total. The van der Waals surface area contributed by atoms with Crippen molar-refractivity contribution in [1.29, 1.82) is 0 Å². The lowest BCUT2D eigenvalue weighted by Gasteiger charge is -2.28.